The molecule has 4 aliphatic rings. The van der Waals surface area contributed by atoms with Crippen LogP contribution >= 0.6 is 0 Å². The zero-order valence-electron chi connectivity index (χ0n) is 17.3. The number of hydrogen-bond acceptors (Lipinski definition) is 6. The lowest BCUT2D eigenvalue weighted by molar-refractivity contribution is -0.152. The molecule has 0 aromatic heterocycles. The van der Waals surface area contributed by atoms with Gasteiger partial charge in [0.2, 0.25) is 0 Å². The van der Waals surface area contributed by atoms with Gasteiger partial charge >= 0.3 is 12.1 Å². The van der Waals surface area contributed by atoms with Gasteiger partial charge in [-0.1, -0.05) is 6.08 Å². The van der Waals surface area contributed by atoms with Crippen molar-refractivity contribution in [3.05, 3.63) is 35.1 Å². The normalized spacial score (nSPS) is 32.6. The Kier molecular flexibility index (Phi) is 4.79. The highest BCUT2D eigenvalue weighted by Gasteiger charge is 2.56. The molecule has 7 nitrogen and oxygen atoms in total. The summed E-state index contributed by atoms with van der Waals surface area (Å²) >= 11 is 0. The fourth-order valence-electron chi connectivity index (χ4n) is 4.66. The molecule has 0 unspecified atom stereocenters. The minimum Gasteiger partial charge on any atom is -0.458 e. The highest BCUT2D eigenvalue weighted by molar-refractivity contribution is 6.06. The number of esters is 1. The van der Waals surface area contributed by atoms with E-state index in [2.05, 4.69) is 6.08 Å². The smallest absolute Gasteiger partial charge is 0.417 e. The molecule has 1 saturated heterocycles. The van der Waals surface area contributed by atoms with Crippen molar-refractivity contribution >= 4 is 18.0 Å². The summed E-state index contributed by atoms with van der Waals surface area (Å²) in [6.45, 7) is 6.99. The summed E-state index contributed by atoms with van der Waals surface area (Å²) in [6, 6.07) is -0.319. The second-order valence-electron chi connectivity index (χ2n) is 9.11. The third-order valence-corrected chi connectivity index (χ3v) is 5.86. The summed E-state index contributed by atoms with van der Waals surface area (Å²) in [5, 5.41) is 0. The molecule has 2 aliphatic carbocycles. The predicted molar refractivity (Wildman–Crippen MR) is 103 cm³/mol. The van der Waals surface area contributed by atoms with E-state index in [-0.39, 0.29) is 12.0 Å². The topological polar surface area (TPSA) is 82.1 Å². The molecule has 4 atom stereocenters. The lowest BCUT2D eigenvalue weighted by atomic mass is 9.89. The van der Waals surface area contributed by atoms with Crippen LogP contribution in [-0.2, 0) is 23.8 Å². The van der Waals surface area contributed by atoms with Crippen LogP contribution < -0.4 is 0 Å². The van der Waals surface area contributed by atoms with Gasteiger partial charge in [-0.25, -0.2) is 14.5 Å². The number of carbonyl (C=O) groups excluding carboxylic acids is 3. The van der Waals surface area contributed by atoms with Crippen molar-refractivity contribution < 1.29 is 28.6 Å². The van der Waals surface area contributed by atoms with Crippen molar-refractivity contribution in [1.82, 2.24) is 4.90 Å². The average molecular weight is 401 g/mol. The van der Waals surface area contributed by atoms with Crippen LogP contribution in [0.1, 0.15) is 53.4 Å². The van der Waals surface area contributed by atoms with Gasteiger partial charge in [0.05, 0.1) is 17.9 Å². The monoisotopic (exact) mass is 401 g/mol. The molecule has 2 heterocycles. The number of carbonyl (C=O) groups is 3. The summed E-state index contributed by atoms with van der Waals surface area (Å²) in [5.41, 5.74) is 1.36. The Hall–Kier alpha value is -2.57. The highest BCUT2D eigenvalue weighted by Crippen LogP contribution is 2.51. The highest BCUT2D eigenvalue weighted by atomic mass is 16.7. The second-order valence-corrected chi connectivity index (χ2v) is 9.11. The molecule has 0 N–H and O–H groups in total. The number of allylic oxidation sites excluding steroid dienone is 1. The predicted octanol–water partition coefficient (Wildman–Crippen LogP) is 3.61. The van der Waals surface area contributed by atoms with Gasteiger partial charge in [0.15, 0.2) is 0 Å². The second kappa shape index (κ2) is 7.04. The molecule has 1 saturated carbocycles. The largest absolute Gasteiger partial charge is 0.458 e. The average Bonchev–Trinajstić information content (AvgIpc) is 3.23. The van der Waals surface area contributed by atoms with E-state index in [0.29, 0.717) is 17.1 Å². The zero-order chi connectivity index (χ0) is 20.9. The number of fused-ring (bicyclic) bond motifs is 3. The van der Waals surface area contributed by atoms with Crippen LogP contribution in [0.5, 0.6) is 0 Å². The van der Waals surface area contributed by atoms with Crippen LogP contribution in [0.25, 0.3) is 0 Å². The molecule has 2 aliphatic heterocycles. The number of ether oxygens (including phenoxy) is 3. The summed E-state index contributed by atoms with van der Waals surface area (Å²) in [7, 11) is 0. The molecule has 4 rings (SSSR count). The van der Waals surface area contributed by atoms with Gasteiger partial charge < -0.3 is 14.2 Å². The number of amides is 2. The van der Waals surface area contributed by atoms with Crippen LogP contribution in [-0.4, -0.2) is 40.8 Å². The first-order chi connectivity index (χ1) is 13.7. The first-order valence-corrected chi connectivity index (χ1v) is 10.2. The Morgan fingerprint density at radius 3 is 2.72 bits per heavy atom. The van der Waals surface area contributed by atoms with E-state index in [1.165, 1.54) is 11.2 Å². The van der Waals surface area contributed by atoms with Crippen molar-refractivity contribution in [3.8, 4) is 0 Å². The SMILES string of the molecule is CC1=C[C@@H](O/C=C2/C(=O)N(C(=O)OC(C)(C)C)[C@@H]3C4=CCCC[C@H]4C[C@H]23)OC1=O. The van der Waals surface area contributed by atoms with E-state index in [1.807, 2.05) is 0 Å². The van der Waals surface area contributed by atoms with Crippen molar-refractivity contribution in [2.45, 2.75) is 71.3 Å². The fourth-order valence-corrected chi connectivity index (χ4v) is 4.66. The molecular formula is C22H27NO6. The van der Waals surface area contributed by atoms with Crippen molar-refractivity contribution in [3.63, 3.8) is 0 Å². The van der Waals surface area contributed by atoms with Crippen molar-refractivity contribution in [2.75, 3.05) is 0 Å². The van der Waals surface area contributed by atoms with Crippen LogP contribution in [0.15, 0.2) is 35.1 Å². The Labute approximate surface area is 170 Å². The maximum absolute atomic E-state index is 13.2. The third-order valence-electron chi connectivity index (χ3n) is 5.86. The van der Waals surface area contributed by atoms with Crippen molar-refractivity contribution in [2.24, 2.45) is 11.8 Å². The van der Waals surface area contributed by atoms with E-state index in [4.69, 9.17) is 14.2 Å². The number of rotatable bonds is 2. The Bertz CT molecular complexity index is 846. The Morgan fingerprint density at radius 2 is 2.07 bits per heavy atom. The summed E-state index contributed by atoms with van der Waals surface area (Å²) in [5.74, 6) is -0.598. The molecular weight excluding hydrogens is 374 g/mol. The minimum absolute atomic E-state index is 0.133. The minimum atomic E-state index is -0.847. The number of likely N-dealkylation sites (tertiary alicyclic amines) is 1. The van der Waals surface area contributed by atoms with Gasteiger partial charge in [0.1, 0.15) is 5.60 Å². The van der Waals surface area contributed by atoms with E-state index >= 15 is 0 Å². The zero-order valence-corrected chi connectivity index (χ0v) is 17.3. The molecule has 2 fully saturated rings. The van der Waals surface area contributed by atoms with Gasteiger partial charge in [0, 0.05) is 17.6 Å². The quantitative estimate of drug-likeness (QED) is 0.304. The van der Waals surface area contributed by atoms with E-state index < -0.39 is 29.9 Å². The van der Waals surface area contributed by atoms with Gasteiger partial charge in [-0.3, -0.25) is 4.79 Å². The maximum atomic E-state index is 13.2. The number of imide groups is 1. The van der Waals surface area contributed by atoms with Crippen LogP contribution in [0.2, 0.25) is 0 Å². The molecule has 0 aromatic rings. The lowest BCUT2D eigenvalue weighted by Gasteiger charge is -2.29. The van der Waals surface area contributed by atoms with Gasteiger partial charge in [0.25, 0.3) is 12.2 Å². The van der Waals surface area contributed by atoms with Gasteiger partial charge in [-0.15, -0.1) is 0 Å². The summed E-state index contributed by atoms with van der Waals surface area (Å²) < 4.78 is 16.2. The van der Waals surface area contributed by atoms with Crippen LogP contribution in [0.4, 0.5) is 4.79 Å². The molecule has 0 aromatic carbocycles. The van der Waals surface area contributed by atoms with E-state index in [1.54, 1.807) is 33.8 Å². The van der Waals surface area contributed by atoms with Gasteiger partial charge in [-0.05, 0) is 64.9 Å². The molecule has 0 radical (unpaired) electrons. The molecule has 7 heteroatoms. The lowest BCUT2D eigenvalue weighted by Crippen LogP contribution is -2.43. The first kappa shape index (κ1) is 19.7. The number of cyclic esters (lactones) is 1. The molecule has 2 amide bonds. The number of hydrogen-bond donors (Lipinski definition) is 0. The summed E-state index contributed by atoms with van der Waals surface area (Å²) in [6.07, 6.45) is 7.58. The summed E-state index contributed by atoms with van der Waals surface area (Å²) in [4.78, 5) is 38.9. The fraction of sp³-hybridized carbons (Fsp3) is 0.591. The molecule has 29 heavy (non-hydrogen) atoms. The molecule has 156 valence electrons. The van der Waals surface area contributed by atoms with E-state index in [0.717, 1.165) is 31.3 Å². The standard InChI is InChI=1S/C22H27NO6/c1-12-9-17(28-20(12)25)27-11-16-15-10-13-7-5-6-8-14(13)18(15)23(19(16)24)21(26)29-22(2,3)4/h8-9,11,13,15,17-18H,5-7,10H2,1-4H3/b16-11+/t13-,15+,17-,18+/m0/s1. The van der Waals surface area contributed by atoms with E-state index in [9.17, 15) is 14.4 Å². The Balaban J connectivity index is 1.63. The maximum Gasteiger partial charge on any atom is 0.417 e. The van der Waals surface area contributed by atoms with Crippen LogP contribution in [0, 0.1) is 11.8 Å². The van der Waals surface area contributed by atoms with Crippen molar-refractivity contribution in [1.29, 1.82) is 0 Å². The first-order valence-electron chi connectivity index (χ1n) is 10.2. The molecule has 0 spiro atoms. The molecule has 0 bridgehead atoms. The Morgan fingerprint density at radius 1 is 1.31 bits per heavy atom. The third kappa shape index (κ3) is 3.58. The van der Waals surface area contributed by atoms with Gasteiger partial charge in [-0.2, -0.15) is 0 Å². The van der Waals surface area contributed by atoms with Crippen LogP contribution in [0.3, 0.4) is 0 Å². The number of nitrogens with zero attached hydrogens (tertiary/aromatic N) is 1.